The van der Waals surface area contributed by atoms with Crippen LogP contribution >= 0.6 is 0 Å². The van der Waals surface area contributed by atoms with Crippen molar-refractivity contribution in [3.63, 3.8) is 0 Å². The molecule has 0 saturated heterocycles. The summed E-state index contributed by atoms with van der Waals surface area (Å²) >= 11 is 0. The van der Waals surface area contributed by atoms with Crippen LogP contribution in [0, 0.1) is 11.3 Å². The van der Waals surface area contributed by atoms with Crippen molar-refractivity contribution in [2.75, 3.05) is 0 Å². The number of ketones is 1. The van der Waals surface area contributed by atoms with Gasteiger partial charge < -0.3 is 0 Å². The Morgan fingerprint density at radius 1 is 1.60 bits per heavy atom. The second-order valence-electron chi connectivity index (χ2n) is 3.96. The van der Waals surface area contributed by atoms with Gasteiger partial charge in [0.25, 0.3) is 0 Å². The maximum atomic E-state index is 11.2. The average molecular weight is 140 g/mol. The van der Waals surface area contributed by atoms with E-state index in [1.165, 1.54) is 0 Å². The zero-order valence-electron chi connectivity index (χ0n) is 7.11. The summed E-state index contributed by atoms with van der Waals surface area (Å²) in [5, 5.41) is 0. The van der Waals surface area contributed by atoms with E-state index in [0.717, 1.165) is 19.3 Å². The standard InChI is InChI=1S/C9H16O/c1-4-5-8(10)7-6-9(7,2)3/h7H,4-6H2,1-3H3/t7-/m1/s1. The van der Waals surface area contributed by atoms with E-state index in [4.69, 9.17) is 0 Å². The third-order valence-corrected chi connectivity index (χ3v) is 2.40. The first-order valence-corrected chi connectivity index (χ1v) is 4.10. The molecule has 0 spiro atoms. The third kappa shape index (κ3) is 1.39. The molecule has 0 heterocycles. The molecule has 1 aliphatic carbocycles. The topological polar surface area (TPSA) is 17.1 Å². The van der Waals surface area contributed by atoms with E-state index in [-0.39, 0.29) is 0 Å². The van der Waals surface area contributed by atoms with Crippen molar-refractivity contribution >= 4 is 5.78 Å². The smallest absolute Gasteiger partial charge is 0.136 e. The maximum absolute atomic E-state index is 11.2. The third-order valence-electron chi connectivity index (χ3n) is 2.40. The molecule has 0 aromatic rings. The summed E-state index contributed by atoms with van der Waals surface area (Å²) in [7, 11) is 0. The summed E-state index contributed by atoms with van der Waals surface area (Å²) < 4.78 is 0. The van der Waals surface area contributed by atoms with Crippen LogP contribution in [0.2, 0.25) is 0 Å². The predicted octanol–water partition coefficient (Wildman–Crippen LogP) is 2.40. The molecule has 0 aliphatic heterocycles. The summed E-state index contributed by atoms with van der Waals surface area (Å²) in [4.78, 5) is 11.2. The Bertz CT molecular complexity index is 147. The lowest BCUT2D eigenvalue weighted by Crippen LogP contribution is -2.04. The molecule has 1 saturated carbocycles. The van der Waals surface area contributed by atoms with Crippen LogP contribution in [0.4, 0.5) is 0 Å². The molecule has 0 bridgehead atoms. The molecule has 1 rings (SSSR count). The first-order chi connectivity index (χ1) is 4.58. The highest BCUT2D eigenvalue weighted by Gasteiger charge is 2.49. The molecule has 0 radical (unpaired) electrons. The van der Waals surface area contributed by atoms with Gasteiger partial charge >= 0.3 is 0 Å². The number of Topliss-reactive ketones (excluding diaryl/α,β-unsaturated/α-hetero) is 1. The Balaban J connectivity index is 2.33. The molecule has 1 nitrogen and oxygen atoms in total. The number of carbonyl (C=O) groups is 1. The van der Waals surface area contributed by atoms with E-state index in [1.807, 2.05) is 0 Å². The number of rotatable bonds is 3. The van der Waals surface area contributed by atoms with Gasteiger partial charge in [0.1, 0.15) is 5.78 Å². The van der Waals surface area contributed by atoms with Gasteiger partial charge in [-0.15, -0.1) is 0 Å². The van der Waals surface area contributed by atoms with Gasteiger partial charge in [-0.05, 0) is 18.3 Å². The molecule has 0 aromatic heterocycles. The van der Waals surface area contributed by atoms with Crippen LogP contribution in [0.3, 0.4) is 0 Å². The van der Waals surface area contributed by atoms with Crippen LogP contribution in [0.15, 0.2) is 0 Å². The van der Waals surface area contributed by atoms with Crippen LogP contribution in [0.5, 0.6) is 0 Å². The molecule has 1 atom stereocenters. The molecular formula is C9H16O. The van der Waals surface area contributed by atoms with E-state index in [1.54, 1.807) is 0 Å². The Hall–Kier alpha value is -0.330. The van der Waals surface area contributed by atoms with Crippen molar-refractivity contribution in [2.24, 2.45) is 11.3 Å². The lowest BCUT2D eigenvalue weighted by atomic mass is 10.0. The van der Waals surface area contributed by atoms with Crippen molar-refractivity contribution in [3.05, 3.63) is 0 Å². The lowest BCUT2D eigenvalue weighted by molar-refractivity contribution is -0.120. The average Bonchev–Trinajstić information content (AvgIpc) is 2.41. The normalized spacial score (nSPS) is 28.1. The van der Waals surface area contributed by atoms with Gasteiger partial charge in [-0.25, -0.2) is 0 Å². The van der Waals surface area contributed by atoms with Crippen LogP contribution < -0.4 is 0 Å². The van der Waals surface area contributed by atoms with E-state index >= 15 is 0 Å². The Labute approximate surface area is 62.8 Å². The first kappa shape index (κ1) is 7.77. The molecular weight excluding hydrogens is 124 g/mol. The van der Waals surface area contributed by atoms with Crippen LogP contribution in [0.25, 0.3) is 0 Å². The Morgan fingerprint density at radius 2 is 2.10 bits per heavy atom. The SMILES string of the molecule is CCCC(=O)[C@H]1CC1(C)C. The van der Waals surface area contributed by atoms with Crippen LogP contribution in [0.1, 0.15) is 40.0 Å². The van der Waals surface area contributed by atoms with E-state index < -0.39 is 0 Å². The Morgan fingerprint density at radius 3 is 2.40 bits per heavy atom. The number of hydrogen-bond acceptors (Lipinski definition) is 1. The summed E-state index contributed by atoms with van der Waals surface area (Å²) in [6.07, 6.45) is 2.91. The minimum Gasteiger partial charge on any atom is -0.299 e. The molecule has 0 unspecified atom stereocenters. The molecule has 0 amide bonds. The number of carbonyl (C=O) groups excluding carboxylic acids is 1. The maximum Gasteiger partial charge on any atom is 0.136 e. The van der Waals surface area contributed by atoms with Gasteiger partial charge in [-0.2, -0.15) is 0 Å². The van der Waals surface area contributed by atoms with Crippen molar-refractivity contribution < 1.29 is 4.79 Å². The zero-order valence-corrected chi connectivity index (χ0v) is 7.11. The summed E-state index contributed by atoms with van der Waals surface area (Å²) in [5.74, 6) is 0.875. The first-order valence-electron chi connectivity index (χ1n) is 4.10. The highest BCUT2D eigenvalue weighted by Crippen LogP contribution is 2.52. The quantitative estimate of drug-likeness (QED) is 0.588. The monoisotopic (exact) mass is 140 g/mol. The van der Waals surface area contributed by atoms with Crippen molar-refractivity contribution in [1.29, 1.82) is 0 Å². The fourth-order valence-corrected chi connectivity index (χ4v) is 1.44. The number of hydrogen-bond donors (Lipinski definition) is 0. The largest absolute Gasteiger partial charge is 0.299 e. The molecule has 1 fully saturated rings. The summed E-state index contributed by atoms with van der Waals surface area (Å²) in [5.41, 5.74) is 0.340. The minimum absolute atomic E-state index is 0.340. The second-order valence-corrected chi connectivity index (χ2v) is 3.96. The highest BCUT2D eigenvalue weighted by molar-refractivity contribution is 5.84. The molecule has 1 aliphatic rings. The zero-order chi connectivity index (χ0) is 7.78. The highest BCUT2D eigenvalue weighted by atomic mass is 16.1. The van der Waals surface area contributed by atoms with E-state index in [9.17, 15) is 4.79 Å². The second kappa shape index (κ2) is 2.37. The van der Waals surface area contributed by atoms with Crippen LogP contribution in [-0.4, -0.2) is 5.78 Å². The van der Waals surface area contributed by atoms with E-state index in [2.05, 4.69) is 20.8 Å². The molecule has 0 N–H and O–H groups in total. The molecule has 58 valence electrons. The molecule has 0 aromatic carbocycles. The van der Waals surface area contributed by atoms with E-state index in [0.29, 0.717) is 17.1 Å². The summed E-state index contributed by atoms with van der Waals surface area (Å²) in [6.45, 7) is 6.41. The van der Waals surface area contributed by atoms with Gasteiger partial charge in [0, 0.05) is 12.3 Å². The molecule has 10 heavy (non-hydrogen) atoms. The van der Waals surface area contributed by atoms with Gasteiger partial charge in [0.05, 0.1) is 0 Å². The Kier molecular flexibility index (Phi) is 1.84. The van der Waals surface area contributed by atoms with Gasteiger partial charge in [0.15, 0.2) is 0 Å². The fourth-order valence-electron chi connectivity index (χ4n) is 1.44. The van der Waals surface area contributed by atoms with Crippen molar-refractivity contribution in [2.45, 2.75) is 40.0 Å². The van der Waals surface area contributed by atoms with Gasteiger partial charge in [0.2, 0.25) is 0 Å². The summed E-state index contributed by atoms with van der Waals surface area (Å²) in [6, 6.07) is 0. The lowest BCUT2D eigenvalue weighted by Gasteiger charge is -1.99. The molecule has 1 heteroatoms. The minimum atomic E-state index is 0.340. The van der Waals surface area contributed by atoms with Crippen LogP contribution in [-0.2, 0) is 4.79 Å². The van der Waals surface area contributed by atoms with Crippen molar-refractivity contribution in [3.8, 4) is 0 Å². The predicted molar refractivity (Wildman–Crippen MR) is 41.8 cm³/mol. The van der Waals surface area contributed by atoms with Gasteiger partial charge in [-0.1, -0.05) is 20.8 Å². The van der Waals surface area contributed by atoms with Gasteiger partial charge in [-0.3, -0.25) is 4.79 Å². The fraction of sp³-hybridized carbons (Fsp3) is 0.889. The van der Waals surface area contributed by atoms with Crippen molar-refractivity contribution in [1.82, 2.24) is 0 Å².